The van der Waals surface area contributed by atoms with Gasteiger partial charge in [0.25, 0.3) is 0 Å². The smallest absolute Gasteiger partial charge is 0.341 e. The van der Waals surface area contributed by atoms with Gasteiger partial charge in [0.05, 0.1) is 0 Å². The van der Waals surface area contributed by atoms with E-state index in [1.807, 2.05) is 7.05 Å². The highest BCUT2D eigenvalue weighted by Crippen LogP contribution is 2.15. The van der Waals surface area contributed by atoms with Crippen molar-refractivity contribution in [3.05, 3.63) is 24.3 Å². The van der Waals surface area contributed by atoms with Gasteiger partial charge in [-0.3, -0.25) is 4.79 Å². The summed E-state index contributed by atoms with van der Waals surface area (Å²) in [6.07, 6.45) is 1.24. The maximum absolute atomic E-state index is 11.5. The minimum absolute atomic E-state index is 0.0468. The number of aliphatic carboxylic acids is 1. The van der Waals surface area contributed by atoms with Crippen LogP contribution < -0.4 is 15.4 Å². The molecular weight excluding hydrogens is 248 g/mol. The summed E-state index contributed by atoms with van der Waals surface area (Å²) in [5, 5.41) is 14.2. The summed E-state index contributed by atoms with van der Waals surface area (Å²) in [4.78, 5) is 21.9. The molecule has 19 heavy (non-hydrogen) atoms. The highest BCUT2D eigenvalue weighted by molar-refractivity contribution is 5.90. The molecule has 0 bridgehead atoms. The number of rotatable bonds is 8. The van der Waals surface area contributed by atoms with Gasteiger partial charge in [0.2, 0.25) is 5.91 Å². The fourth-order valence-electron chi connectivity index (χ4n) is 1.43. The van der Waals surface area contributed by atoms with Crippen LogP contribution in [0.5, 0.6) is 5.75 Å². The molecule has 0 aliphatic rings. The van der Waals surface area contributed by atoms with Crippen molar-refractivity contribution >= 4 is 17.6 Å². The Kier molecular flexibility index (Phi) is 6.38. The van der Waals surface area contributed by atoms with Gasteiger partial charge >= 0.3 is 5.97 Å². The van der Waals surface area contributed by atoms with Gasteiger partial charge in [-0.25, -0.2) is 4.79 Å². The molecule has 104 valence electrons. The zero-order valence-electron chi connectivity index (χ0n) is 10.8. The lowest BCUT2D eigenvalue weighted by Gasteiger charge is -2.07. The number of carboxylic acids is 1. The van der Waals surface area contributed by atoms with Crippen LogP contribution >= 0.6 is 0 Å². The van der Waals surface area contributed by atoms with Gasteiger partial charge in [0, 0.05) is 12.1 Å². The predicted molar refractivity (Wildman–Crippen MR) is 71.4 cm³/mol. The van der Waals surface area contributed by atoms with E-state index in [2.05, 4.69) is 10.6 Å². The Morgan fingerprint density at radius 3 is 2.53 bits per heavy atom. The highest BCUT2D eigenvalue weighted by Gasteiger charge is 2.03. The largest absolute Gasteiger partial charge is 0.482 e. The summed E-state index contributed by atoms with van der Waals surface area (Å²) in [5.74, 6) is -0.619. The average molecular weight is 266 g/mol. The molecule has 0 heterocycles. The first-order chi connectivity index (χ1) is 9.11. The first-order valence-electron chi connectivity index (χ1n) is 6.01. The molecule has 6 heteroatoms. The number of carbonyl (C=O) groups excluding carboxylic acids is 1. The van der Waals surface area contributed by atoms with Crippen LogP contribution in [0, 0.1) is 0 Å². The van der Waals surface area contributed by atoms with Crippen LogP contribution in [0.4, 0.5) is 5.69 Å². The van der Waals surface area contributed by atoms with E-state index in [1.54, 1.807) is 24.3 Å². The normalized spacial score (nSPS) is 9.95. The molecule has 0 fully saturated rings. The molecule has 0 aromatic heterocycles. The molecule has 0 saturated carbocycles. The van der Waals surface area contributed by atoms with Crippen LogP contribution in [-0.2, 0) is 9.59 Å². The summed E-state index contributed by atoms with van der Waals surface area (Å²) >= 11 is 0. The van der Waals surface area contributed by atoms with E-state index in [1.165, 1.54) is 0 Å². The van der Waals surface area contributed by atoms with Gasteiger partial charge < -0.3 is 20.5 Å². The van der Waals surface area contributed by atoms with Crippen LogP contribution in [0.1, 0.15) is 12.8 Å². The summed E-state index contributed by atoms with van der Waals surface area (Å²) < 4.78 is 4.99. The second-order valence-corrected chi connectivity index (χ2v) is 3.96. The van der Waals surface area contributed by atoms with Crippen molar-refractivity contribution in [2.24, 2.45) is 0 Å². The maximum Gasteiger partial charge on any atom is 0.341 e. The van der Waals surface area contributed by atoms with Gasteiger partial charge in [0.1, 0.15) is 5.75 Å². The molecule has 6 nitrogen and oxygen atoms in total. The van der Waals surface area contributed by atoms with Crippen molar-refractivity contribution in [2.75, 3.05) is 25.5 Å². The van der Waals surface area contributed by atoms with E-state index in [-0.39, 0.29) is 12.5 Å². The van der Waals surface area contributed by atoms with Crippen molar-refractivity contribution in [3.8, 4) is 5.75 Å². The van der Waals surface area contributed by atoms with E-state index >= 15 is 0 Å². The van der Waals surface area contributed by atoms with Crippen LogP contribution in [0.3, 0.4) is 0 Å². The first kappa shape index (κ1) is 15.0. The molecule has 1 amide bonds. The summed E-state index contributed by atoms with van der Waals surface area (Å²) in [5.41, 5.74) is 0.664. The van der Waals surface area contributed by atoms with Crippen LogP contribution in [0.15, 0.2) is 24.3 Å². The number of benzene rings is 1. The Labute approximate surface area is 111 Å². The second kappa shape index (κ2) is 8.10. The Hall–Kier alpha value is -2.08. The van der Waals surface area contributed by atoms with Crippen molar-refractivity contribution in [3.63, 3.8) is 0 Å². The summed E-state index contributed by atoms with van der Waals surface area (Å²) in [6, 6.07) is 6.58. The van der Waals surface area contributed by atoms with Crippen LogP contribution in [-0.4, -0.2) is 37.2 Å². The number of ether oxygens (including phenoxy) is 1. The molecule has 1 rings (SSSR count). The van der Waals surface area contributed by atoms with Gasteiger partial charge in [-0.2, -0.15) is 0 Å². The Balaban J connectivity index is 2.39. The van der Waals surface area contributed by atoms with E-state index in [9.17, 15) is 9.59 Å². The number of hydrogen-bond acceptors (Lipinski definition) is 4. The third-order valence-electron chi connectivity index (χ3n) is 2.33. The lowest BCUT2D eigenvalue weighted by atomic mass is 10.2. The lowest BCUT2D eigenvalue weighted by Crippen LogP contribution is -2.15. The van der Waals surface area contributed by atoms with E-state index in [0.29, 0.717) is 17.9 Å². The molecule has 0 saturated heterocycles. The van der Waals surface area contributed by atoms with Crippen molar-refractivity contribution in [2.45, 2.75) is 12.8 Å². The Bertz CT molecular complexity index is 417. The highest BCUT2D eigenvalue weighted by atomic mass is 16.5. The molecule has 0 spiro atoms. The van der Waals surface area contributed by atoms with Gasteiger partial charge in [0.15, 0.2) is 6.61 Å². The second-order valence-electron chi connectivity index (χ2n) is 3.96. The topological polar surface area (TPSA) is 87.7 Å². The maximum atomic E-state index is 11.5. The first-order valence-corrected chi connectivity index (χ1v) is 6.01. The zero-order chi connectivity index (χ0) is 14.1. The Morgan fingerprint density at radius 1 is 1.26 bits per heavy atom. The standard InChI is InChI=1S/C13H18N2O4/c1-14-8-2-3-12(16)15-10-4-6-11(7-5-10)19-9-13(17)18/h4-7,14H,2-3,8-9H2,1H3,(H,15,16)(H,17,18). The molecule has 0 unspecified atom stereocenters. The molecule has 0 atom stereocenters. The fourth-order valence-corrected chi connectivity index (χ4v) is 1.43. The third kappa shape index (κ3) is 6.42. The monoisotopic (exact) mass is 266 g/mol. The molecule has 1 aromatic carbocycles. The summed E-state index contributed by atoms with van der Waals surface area (Å²) in [7, 11) is 1.84. The average Bonchev–Trinajstić information content (AvgIpc) is 2.38. The number of hydrogen-bond donors (Lipinski definition) is 3. The molecule has 3 N–H and O–H groups in total. The van der Waals surface area contributed by atoms with Crippen molar-refractivity contribution in [1.29, 1.82) is 0 Å². The number of carboxylic acid groups (broad SMARTS) is 1. The van der Waals surface area contributed by atoms with Gasteiger partial charge in [-0.1, -0.05) is 0 Å². The van der Waals surface area contributed by atoms with E-state index < -0.39 is 5.97 Å². The van der Waals surface area contributed by atoms with E-state index in [4.69, 9.17) is 9.84 Å². The minimum atomic E-state index is -1.03. The molecule has 0 aliphatic carbocycles. The quantitative estimate of drug-likeness (QED) is 0.613. The lowest BCUT2D eigenvalue weighted by molar-refractivity contribution is -0.139. The summed E-state index contributed by atoms with van der Waals surface area (Å²) in [6.45, 7) is 0.422. The number of carbonyl (C=O) groups is 2. The third-order valence-corrected chi connectivity index (χ3v) is 2.33. The Morgan fingerprint density at radius 2 is 1.95 bits per heavy atom. The van der Waals surface area contributed by atoms with E-state index in [0.717, 1.165) is 13.0 Å². The number of anilines is 1. The van der Waals surface area contributed by atoms with Crippen LogP contribution in [0.25, 0.3) is 0 Å². The van der Waals surface area contributed by atoms with Crippen LogP contribution in [0.2, 0.25) is 0 Å². The minimum Gasteiger partial charge on any atom is -0.482 e. The molecule has 0 aliphatic heterocycles. The van der Waals surface area contributed by atoms with Crippen molar-refractivity contribution in [1.82, 2.24) is 5.32 Å². The van der Waals surface area contributed by atoms with Crippen molar-refractivity contribution < 1.29 is 19.4 Å². The van der Waals surface area contributed by atoms with Gasteiger partial charge in [-0.05, 0) is 44.3 Å². The SMILES string of the molecule is CNCCCC(=O)Nc1ccc(OCC(=O)O)cc1. The molecular formula is C13H18N2O4. The molecule has 1 aromatic rings. The molecule has 0 radical (unpaired) electrons. The fraction of sp³-hybridized carbons (Fsp3) is 0.385. The zero-order valence-corrected chi connectivity index (χ0v) is 10.8. The van der Waals surface area contributed by atoms with Gasteiger partial charge in [-0.15, -0.1) is 0 Å². The number of amides is 1. The predicted octanol–water partition coefficient (Wildman–Crippen LogP) is 1.09. The number of nitrogens with one attached hydrogen (secondary N) is 2.